The lowest BCUT2D eigenvalue weighted by molar-refractivity contribution is -0.0831. The van der Waals surface area contributed by atoms with Gasteiger partial charge in [-0.2, -0.15) is 4.98 Å². The number of benzene rings is 1. The van der Waals surface area contributed by atoms with Crippen molar-refractivity contribution in [2.75, 3.05) is 19.6 Å². The largest absolute Gasteiger partial charge is 0.454 e. The Morgan fingerprint density at radius 3 is 2.85 bits per heavy atom. The summed E-state index contributed by atoms with van der Waals surface area (Å²) in [6.07, 6.45) is 2.51. The minimum atomic E-state index is -0.0463. The van der Waals surface area contributed by atoms with Crippen molar-refractivity contribution in [3.05, 3.63) is 23.2 Å². The number of hydrogen-bond donors (Lipinski definition) is 0. The summed E-state index contributed by atoms with van der Waals surface area (Å²) in [7, 11) is 0. The van der Waals surface area contributed by atoms with Gasteiger partial charge in [-0.25, -0.2) is 0 Å². The van der Waals surface area contributed by atoms with Crippen molar-refractivity contribution < 1.29 is 4.74 Å². The Balaban J connectivity index is 1.61. The van der Waals surface area contributed by atoms with Gasteiger partial charge in [0, 0.05) is 17.5 Å². The van der Waals surface area contributed by atoms with E-state index in [1.165, 1.54) is 25.9 Å². The van der Waals surface area contributed by atoms with Gasteiger partial charge in [0.2, 0.25) is 0 Å². The third kappa shape index (κ3) is 1.38. The van der Waals surface area contributed by atoms with Crippen molar-refractivity contribution in [3.8, 4) is 6.01 Å². The molecule has 0 N–H and O–H groups in total. The van der Waals surface area contributed by atoms with Crippen molar-refractivity contribution in [3.63, 3.8) is 0 Å². The molecule has 0 radical (unpaired) electrons. The highest BCUT2D eigenvalue weighted by Gasteiger charge is 2.53. The van der Waals surface area contributed by atoms with E-state index < -0.39 is 0 Å². The third-order valence-corrected chi connectivity index (χ3v) is 5.45. The van der Waals surface area contributed by atoms with Crippen molar-refractivity contribution in [2.45, 2.75) is 25.0 Å². The number of rotatable bonds is 0. The van der Waals surface area contributed by atoms with Crippen LogP contribution in [0.2, 0.25) is 5.02 Å². The average Bonchev–Trinajstić information content (AvgIpc) is 2.95. The van der Waals surface area contributed by atoms with Crippen molar-refractivity contribution in [1.29, 1.82) is 0 Å². The molecule has 0 aliphatic carbocycles. The molecular formula is C15H16ClN3O. The number of nitrogens with zero attached hydrogens (tertiary/aromatic N) is 3. The van der Waals surface area contributed by atoms with Gasteiger partial charge < -0.3 is 4.74 Å². The average molecular weight is 290 g/mol. The SMILES string of the molecule is Clc1ccc2nc3n(c2c1)C[C@@]1(CN2CCC1CC2)O3. The molecule has 1 atom stereocenters. The van der Waals surface area contributed by atoms with Gasteiger partial charge in [0.1, 0.15) is 5.60 Å². The van der Waals surface area contributed by atoms with Gasteiger partial charge >= 0.3 is 0 Å². The summed E-state index contributed by atoms with van der Waals surface area (Å²) in [5.41, 5.74) is 2.02. The maximum absolute atomic E-state index is 6.36. The lowest BCUT2D eigenvalue weighted by Crippen LogP contribution is -2.61. The van der Waals surface area contributed by atoms with E-state index in [0.717, 1.165) is 35.2 Å². The molecule has 1 aromatic heterocycles. The minimum absolute atomic E-state index is 0.0463. The molecule has 1 spiro atoms. The highest BCUT2D eigenvalue weighted by atomic mass is 35.5. The van der Waals surface area contributed by atoms with Gasteiger partial charge in [-0.15, -0.1) is 0 Å². The molecular weight excluding hydrogens is 274 g/mol. The van der Waals surface area contributed by atoms with Crippen LogP contribution in [0.4, 0.5) is 0 Å². The van der Waals surface area contributed by atoms with Gasteiger partial charge in [-0.05, 0) is 44.1 Å². The molecule has 104 valence electrons. The number of ether oxygens (including phenoxy) is 1. The molecule has 3 fully saturated rings. The molecule has 20 heavy (non-hydrogen) atoms. The van der Waals surface area contributed by atoms with Crippen LogP contribution in [0.15, 0.2) is 18.2 Å². The van der Waals surface area contributed by atoms with E-state index in [1.54, 1.807) is 0 Å². The van der Waals surface area contributed by atoms with Crippen LogP contribution >= 0.6 is 11.6 Å². The van der Waals surface area contributed by atoms with Crippen LogP contribution in [0, 0.1) is 5.92 Å². The topological polar surface area (TPSA) is 30.3 Å². The number of hydrogen-bond acceptors (Lipinski definition) is 3. The van der Waals surface area contributed by atoms with Crippen LogP contribution in [0.3, 0.4) is 0 Å². The quantitative estimate of drug-likeness (QED) is 0.747. The van der Waals surface area contributed by atoms with Gasteiger partial charge in [0.15, 0.2) is 0 Å². The smallest absolute Gasteiger partial charge is 0.298 e. The van der Waals surface area contributed by atoms with Crippen molar-refractivity contribution in [1.82, 2.24) is 14.5 Å². The zero-order chi connectivity index (χ0) is 13.3. The van der Waals surface area contributed by atoms with Gasteiger partial charge in [-0.3, -0.25) is 9.47 Å². The molecule has 0 unspecified atom stereocenters. The van der Waals surface area contributed by atoms with Crippen LogP contribution in [0.1, 0.15) is 12.8 Å². The molecule has 1 aromatic carbocycles. The molecule has 2 bridgehead atoms. The molecule has 4 aliphatic heterocycles. The zero-order valence-corrected chi connectivity index (χ0v) is 11.9. The van der Waals surface area contributed by atoms with E-state index in [2.05, 4.69) is 14.5 Å². The maximum Gasteiger partial charge on any atom is 0.298 e. The Hall–Kier alpha value is -1.26. The Kier molecular flexibility index (Phi) is 2.10. The van der Waals surface area contributed by atoms with E-state index in [1.807, 2.05) is 18.2 Å². The number of fused-ring (bicyclic) bond motifs is 5. The Labute approximate surface area is 122 Å². The molecule has 4 nitrogen and oxygen atoms in total. The number of piperidine rings is 3. The number of imidazole rings is 1. The van der Waals surface area contributed by atoms with E-state index in [9.17, 15) is 0 Å². The van der Waals surface area contributed by atoms with Crippen LogP contribution in [0.25, 0.3) is 11.0 Å². The molecule has 5 heterocycles. The predicted octanol–water partition coefficient (Wildman–Crippen LogP) is 2.55. The lowest BCUT2D eigenvalue weighted by Gasteiger charge is -2.50. The Morgan fingerprint density at radius 2 is 2.10 bits per heavy atom. The predicted molar refractivity (Wildman–Crippen MR) is 77.3 cm³/mol. The second-order valence-corrected chi connectivity index (χ2v) is 6.77. The second kappa shape index (κ2) is 3.68. The lowest BCUT2D eigenvalue weighted by atomic mass is 9.75. The summed E-state index contributed by atoms with van der Waals surface area (Å²) < 4.78 is 8.57. The van der Waals surface area contributed by atoms with Crippen LogP contribution < -0.4 is 4.74 Å². The third-order valence-electron chi connectivity index (χ3n) is 5.22. The van der Waals surface area contributed by atoms with E-state index >= 15 is 0 Å². The summed E-state index contributed by atoms with van der Waals surface area (Å²) in [6.45, 7) is 4.42. The van der Waals surface area contributed by atoms with Gasteiger partial charge in [0.25, 0.3) is 6.01 Å². The Bertz CT molecular complexity index is 704. The summed E-state index contributed by atoms with van der Waals surface area (Å²) >= 11 is 6.13. The molecule has 0 amide bonds. The molecule has 6 rings (SSSR count). The minimum Gasteiger partial charge on any atom is -0.454 e. The van der Waals surface area contributed by atoms with E-state index in [-0.39, 0.29) is 5.60 Å². The summed E-state index contributed by atoms with van der Waals surface area (Å²) in [4.78, 5) is 7.16. The fourth-order valence-electron chi connectivity index (χ4n) is 4.21. The Morgan fingerprint density at radius 1 is 1.25 bits per heavy atom. The van der Waals surface area contributed by atoms with E-state index in [0.29, 0.717) is 5.92 Å². The molecule has 0 saturated carbocycles. The van der Waals surface area contributed by atoms with E-state index in [4.69, 9.17) is 16.3 Å². The first kappa shape index (κ1) is 11.4. The zero-order valence-electron chi connectivity index (χ0n) is 11.2. The molecule has 5 heteroatoms. The number of halogens is 1. The first-order valence-electron chi connectivity index (χ1n) is 7.31. The molecule has 2 aromatic rings. The van der Waals surface area contributed by atoms with Gasteiger partial charge in [0.05, 0.1) is 17.6 Å². The highest BCUT2D eigenvalue weighted by molar-refractivity contribution is 6.31. The summed E-state index contributed by atoms with van der Waals surface area (Å²) in [5.74, 6) is 0.670. The maximum atomic E-state index is 6.36. The van der Waals surface area contributed by atoms with Crippen molar-refractivity contribution in [2.24, 2.45) is 5.92 Å². The molecule has 4 aliphatic rings. The normalized spacial score (nSPS) is 34.6. The summed E-state index contributed by atoms with van der Waals surface area (Å²) in [6, 6.07) is 6.62. The fourth-order valence-corrected chi connectivity index (χ4v) is 4.37. The highest BCUT2D eigenvalue weighted by Crippen LogP contribution is 2.45. The van der Waals surface area contributed by atoms with Crippen LogP contribution in [0.5, 0.6) is 6.01 Å². The van der Waals surface area contributed by atoms with Gasteiger partial charge in [-0.1, -0.05) is 11.6 Å². The van der Waals surface area contributed by atoms with Crippen LogP contribution in [-0.4, -0.2) is 39.7 Å². The molecule has 3 saturated heterocycles. The standard InChI is InChI=1S/C15H16ClN3O/c16-11-1-2-12-13(7-11)19-9-15(20-14(19)17-12)8-18-5-3-10(15)4-6-18/h1-2,7,10H,3-6,8-9H2/t15-/m1/s1. The fraction of sp³-hybridized carbons (Fsp3) is 0.533. The first-order chi connectivity index (χ1) is 9.73. The second-order valence-electron chi connectivity index (χ2n) is 6.33. The summed E-state index contributed by atoms with van der Waals surface area (Å²) in [5, 5.41) is 0.759. The first-order valence-corrected chi connectivity index (χ1v) is 7.68. The number of aromatic nitrogens is 2. The van der Waals surface area contributed by atoms with Crippen molar-refractivity contribution >= 4 is 22.6 Å². The monoisotopic (exact) mass is 289 g/mol. The van der Waals surface area contributed by atoms with Crippen LogP contribution in [-0.2, 0) is 6.54 Å².